The van der Waals surface area contributed by atoms with E-state index in [-0.39, 0.29) is 5.25 Å². The summed E-state index contributed by atoms with van der Waals surface area (Å²) < 4.78 is 0. The average molecular weight is 260 g/mol. The highest BCUT2D eigenvalue weighted by Gasteiger charge is 2.19. The molecule has 0 saturated carbocycles. The lowest BCUT2D eigenvalue weighted by atomic mass is 10.0. The molecule has 0 aliphatic heterocycles. The first-order chi connectivity index (χ1) is 8.86. The standard InChI is InChI=1S/C16H20OS/c17-15-12-8-3-1-2-4-9-13-16(15)18-14-10-6-5-7-11-14/h1-2,5-7,10-11,16H,3-4,8-9,12-13H2. The van der Waals surface area contributed by atoms with Gasteiger partial charge < -0.3 is 0 Å². The molecular weight excluding hydrogens is 240 g/mol. The van der Waals surface area contributed by atoms with Crippen LogP contribution in [0.15, 0.2) is 47.4 Å². The Morgan fingerprint density at radius 3 is 2.50 bits per heavy atom. The molecule has 1 aromatic rings. The molecule has 0 aromatic heterocycles. The molecule has 96 valence electrons. The Hall–Kier alpha value is -1.02. The van der Waals surface area contributed by atoms with Gasteiger partial charge in [-0.1, -0.05) is 30.4 Å². The van der Waals surface area contributed by atoms with E-state index in [0.29, 0.717) is 5.78 Å². The summed E-state index contributed by atoms with van der Waals surface area (Å²) in [5.74, 6) is 0.430. The number of Topliss-reactive ketones (excluding diaryl/α,β-unsaturated/α-hetero) is 1. The van der Waals surface area contributed by atoms with Crippen molar-refractivity contribution in [1.82, 2.24) is 0 Å². The Balaban J connectivity index is 1.99. The van der Waals surface area contributed by atoms with E-state index in [1.165, 1.54) is 4.90 Å². The Morgan fingerprint density at radius 2 is 1.72 bits per heavy atom. The first kappa shape index (κ1) is 13.4. The number of hydrogen-bond acceptors (Lipinski definition) is 2. The van der Waals surface area contributed by atoms with E-state index >= 15 is 0 Å². The van der Waals surface area contributed by atoms with Crippen molar-refractivity contribution in [2.75, 3.05) is 0 Å². The van der Waals surface area contributed by atoms with Gasteiger partial charge in [0.25, 0.3) is 0 Å². The summed E-state index contributed by atoms with van der Waals surface area (Å²) >= 11 is 1.74. The fourth-order valence-corrected chi connectivity index (χ4v) is 3.34. The third-order valence-electron chi connectivity index (χ3n) is 3.18. The molecule has 1 aromatic carbocycles. The second-order valence-corrected chi connectivity index (χ2v) is 5.96. The molecule has 1 unspecified atom stereocenters. The Kier molecular flexibility index (Phi) is 5.53. The van der Waals surface area contributed by atoms with Crippen molar-refractivity contribution in [3.8, 4) is 0 Å². The van der Waals surface area contributed by atoms with Crippen molar-refractivity contribution in [1.29, 1.82) is 0 Å². The number of allylic oxidation sites excluding steroid dienone is 2. The van der Waals surface area contributed by atoms with Crippen molar-refractivity contribution in [2.45, 2.75) is 48.7 Å². The second kappa shape index (κ2) is 7.42. The van der Waals surface area contributed by atoms with Crippen LogP contribution in [0.25, 0.3) is 0 Å². The minimum Gasteiger partial charge on any atom is -0.298 e. The molecule has 0 fully saturated rings. The second-order valence-electron chi connectivity index (χ2n) is 4.68. The van der Waals surface area contributed by atoms with Gasteiger partial charge in [0.05, 0.1) is 5.25 Å². The third kappa shape index (κ3) is 4.34. The molecule has 1 atom stereocenters. The maximum absolute atomic E-state index is 12.2. The van der Waals surface area contributed by atoms with Crippen molar-refractivity contribution in [3.05, 3.63) is 42.5 Å². The summed E-state index contributed by atoms with van der Waals surface area (Å²) in [6.45, 7) is 0. The van der Waals surface area contributed by atoms with Crippen molar-refractivity contribution >= 4 is 17.5 Å². The molecular formula is C16H20OS. The quantitative estimate of drug-likeness (QED) is 0.721. The molecule has 1 aliphatic carbocycles. The van der Waals surface area contributed by atoms with Gasteiger partial charge >= 0.3 is 0 Å². The van der Waals surface area contributed by atoms with Crippen LogP contribution >= 0.6 is 11.8 Å². The van der Waals surface area contributed by atoms with Crippen LogP contribution in [-0.4, -0.2) is 11.0 Å². The Bertz CT molecular complexity index is 397. The van der Waals surface area contributed by atoms with Gasteiger partial charge in [-0.25, -0.2) is 0 Å². The molecule has 0 saturated heterocycles. The highest BCUT2D eigenvalue weighted by Crippen LogP contribution is 2.28. The van der Waals surface area contributed by atoms with Gasteiger partial charge in [-0.2, -0.15) is 0 Å². The molecule has 1 aliphatic rings. The lowest BCUT2D eigenvalue weighted by Crippen LogP contribution is -2.17. The fourth-order valence-electron chi connectivity index (χ4n) is 2.16. The predicted octanol–water partition coefficient (Wildman–Crippen LogP) is 4.63. The highest BCUT2D eigenvalue weighted by molar-refractivity contribution is 8.00. The van der Waals surface area contributed by atoms with Crippen molar-refractivity contribution < 1.29 is 4.79 Å². The minimum atomic E-state index is 0.152. The molecule has 0 radical (unpaired) electrons. The summed E-state index contributed by atoms with van der Waals surface area (Å²) in [5.41, 5.74) is 0. The van der Waals surface area contributed by atoms with Crippen LogP contribution in [0.5, 0.6) is 0 Å². The zero-order valence-corrected chi connectivity index (χ0v) is 11.5. The van der Waals surface area contributed by atoms with Gasteiger partial charge in [0.1, 0.15) is 5.78 Å². The van der Waals surface area contributed by atoms with Crippen LogP contribution in [0.1, 0.15) is 38.5 Å². The zero-order valence-electron chi connectivity index (χ0n) is 10.7. The van der Waals surface area contributed by atoms with Crippen molar-refractivity contribution in [3.63, 3.8) is 0 Å². The monoisotopic (exact) mass is 260 g/mol. The molecule has 2 rings (SSSR count). The molecule has 0 heterocycles. The SMILES string of the molecule is O=C1CCCC=CCCCC1Sc1ccccc1. The van der Waals surface area contributed by atoms with E-state index in [0.717, 1.165) is 38.5 Å². The van der Waals surface area contributed by atoms with E-state index in [2.05, 4.69) is 24.3 Å². The van der Waals surface area contributed by atoms with Crippen LogP contribution in [0.3, 0.4) is 0 Å². The summed E-state index contributed by atoms with van der Waals surface area (Å²) in [7, 11) is 0. The summed E-state index contributed by atoms with van der Waals surface area (Å²) in [4.78, 5) is 13.4. The lowest BCUT2D eigenvalue weighted by molar-refractivity contribution is -0.118. The molecule has 18 heavy (non-hydrogen) atoms. The number of benzene rings is 1. The van der Waals surface area contributed by atoms with Crippen LogP contribution in [-0.2, 0) is 4.79 Å². The third-order valence-corrected chi connectivity index (χ3v) is 4.51. The normalized spacial score (nSPS) is 21.8. The fraction of sp³-hybridized carbons (Fsp3) is 0.438. The topological polar surface area (TPSA) is 17.1 Å². The van der Waals surface area contributed by atoms with Gasteiger partial charge in [0.2, 0.25) is 0 Å². The maximum atomic E-state index is 12.2. The number of carbonyl (C=O) groups is 1. The van der Waals surface area contributed by atoms with E-state index in [1.807, 2.05) is 18.2 Å². The molecule has 0 N–H and O–H groups in total. The number of thioether (sulfide) groups is 1. The van der Waals surface area contributed by atoms with E-state index < -0.39 is 0 Å². The maximum Gasteiger partial charge on any atom is 0.146 e. The first-order valence-corrected chi connectivity index (χ1v) is 7.63. The number of ketones is 1. The smallest absolute Gasteiger partial charge is 0.146 e. The van der Waals surface area contributed by atoms with Gasteiger partial charge in [0.15, 0.2) is 0 Å². The first-order valence-electron chi connectivity index (χ1n) is 6.75. The van der Waals surface area contributed by atoms with Crippen LogP contribution in [0.4, 0.5) is 0 Å². The minimum absolute atomic E-state index is 0.152. The number of hydrogen-bond donors (Lipinski definition) is 0. The highest BCUT2D eigenvalue weighted by atomic mass is 32.2. The van der Waals surface area contributed by atoms with Gasteiger partial charge in [-0.3, -0.25) is 4.79 Å². The largest absolute Gasteiger partial charge is 0.298 e. The number of rotatable bonds is 2. The molecule has 0 bridgehead atoms. The van der Waals surface area contributed by atoms with Gasteiger partial charge in [-0.15, -0.1) is 11.8 Å². The summed E-state index contributed by atoms with van der Waals surface area (Å²) in [6.07, 6.45) is 10.5. The molecule has 2 heteroatoms. The Labute approximate surface area is 114 Å². The van der Waals surface area contributed by atoms with Gasteiger partial charge in [-0.05, 0) is 44.2 Å². The Morgan fingerprint density at radius 1 is 1.00 bits per heavy atom. The summed E-state index contributed by atoms with van der Waals surface area (Å²) in [5, 5.41) is 0.152. The van der Waals surface area contributed by atoms with E-state index in [9.17, 15) is 4.79 Å². The van der Waals surface area contributed by atoms with Crippen LogP contribution < -0.4 is 0 Å². The van der Waals surface area contributed by atoms with E-state index in [1.54, 1.807) is 11.8 Å². The zero-order chi connectivity index (χ0) is 12.6. The van der Waals surface area contributed by atoms with Gasteiger partial charge in [0, 0.05) is 11.3 Å². The average Bonchev–Trinajstić information content (AvgIpc) is 2.41. The van der Waals surface area contributed by atoms with Crippen LogP contribution in [0, 0.1) is 0 Å². The molecule has 0 spiro atoms. The van der Waals surface area contributed by atoms with Crippen molar-refractivity contribution in [2.24, 2.45) is 0 Å². The van der Waals surface area contributed by atoms with Crippen LogP contribution in [0.2, 0.25) is 0 Å². The predicted molar refractivity (Wildman–Crippen MR) is 77.9 cm³/mol. The lowest BCUT2D eigenvalue weighted by Gasteiger charge is -2.16. The van der Waals surface area contributed by atoms with E-state index in [4.69, 9.17) is 0 Å². The number of carbonyl (C=O) groups excluding carboxylic acids is 1. The summed E-state index contributed by atoms with van der Waals surface area (Å²) in [6, 6.07) is 10.3. The molecule has 1 nitrogen and oxygen atoms in total. The molecule has 0 amide bonds.